The van der Waals surface area contributed by atoms with Crippen LogP contribution >= 0.6 is 11.3 Å². The van der Waals surface area contributed by atoms with E-state index in [1.54, 1.807) is 37.4 Å². The highest BCUT2D eigenvalue weighted by Crippen LogP contribution is 2.11. The molecular weight excluding hydrogens is 300 g/mol. The molecule has 0 radical (unpaired) electrons. The SMILES string of the molecule is CC(=O)c1ccc(NC(=O)C(C)O/N=C/c2cccs2)cc1. The molecule has 0 spiro atoms. The third-order valence-corrected chi connectivity index (χ3v) is 3.68. The molecule has 114 valence electrons. The summed E-state index contributed by atoms with van der Waals surface area (Å²) < 4.78 is 0. The van der Waals surface area contributed by atoms with E-state index in [-0.39, 0.29) is 11.7 Å². The van der Waals surface area contributed by atoms with Gasteiger partial charge < -0.3 is 10.2 Å². The Morgan fingerprint density at radius 3 is 2.59 bits per heavy atom. The maximum Gasteiger partial charge on any atom is 0.267 e. The molecule has 1 N–H and O–H groups in total. The average molecular weight is 316 g/mol. The summed E-state index contributed by atoms with van der Waals surface area (Å²) in [6.07, 6.45) is 0.847. The molecule has 0 saturated carbocycles. The van der Waals surface area contributed by atoms with Crippen molar-refractivity contribution in [3.63, 3.8) is 0 Å². The largest absolute Gasteiger partial charge is 0.383 e. The van der Waals surface area contributed by atoms with Crippen molar-refractivity contribution in [2.45, 2.75) is 20.0 Å². The zero-order chi connectivity index (χ0) is 15.9. The molecule has 0 aliphatic rings. The van der Waals surface area contributed by atoms with Gasteiger partial charge in [0.1, 0.15) is 0 Å². The predicted octanol–water partition coefficient (Wildman–Crippen LogP) is 3.33. The molecule has 6 heteroatoms. The first-order chi connectivity index (χ1) is 10.6. The van der Waals surface area contributed by atoms with E-state index in [1.165, 1.54) is 18.3 Å². The molecule has 0 bridgehead atoms. The molecule has 1 heterocycles. The van der Waals surface area contributed by atoms with Crippen molar-refractivity contribution in [3.05, 3.63) is 52.2 Å². The molecule has 1 aromatic carbocycles. The summed E-state index contributed by atoms with van der Waals surface area (Å²) in [5.41, 5.74) is 1.20. The molecule has 0 aliphatic heterocycles. The van der Waals surface area contributed by atoms with Crippen molar-refractivity contribution in [1.82, 2.24) is 0 Å². The van der Waals surface area contributed by atoms with Crippen LogP contribution in [0.1, 0.15) is 29.1 Å². The molecule has 1 atom stereocenters. The Bertz CT molecular complexity index is 663. The van der Waals surface area contributed by atoms with Gasteiger partial charge in [0, 0.05) is 16.1 Å². The number of oxime groups is 1. The fourth-order valence-electron chi connectivity index (χ4n) is 1.62. The first kappa shape index (κ1) is 15.9. The standard InChI is InChI=1S/C16H16N2O3S/c1-11(19)13-5-7-14(8-6-13)18-16(20)12(2)21-17-10-15-4-3-9-22-15/h3-10,12H,1-2H3,(H,18,20)/b17-10+. The summed E-state index contributed by atoms with van der Waals surface area (Å²) in [7, 11) is 0. The lowest BCUT2D eigenvalue weighted by Crippen LogP contribution is -2.26. The van der Waals surface area contributed by atoms with E-state index < -0.39 is 6.10 Å². The van der Waals surface area contributed by atoms with Gasteiger partial charge in [-0.3, -0.25) is 9.59 Å². The van der Waals surface area contributed by atoms with E-state index in [0.29, 0.717) is 11.3 Å². The van der Waals surface area contributed by atoms with Crippen LogP contribution in [-0.2, 0) is 9.63 Å². The monoisotopic (exact) mass is 316 g/mol. The minimum atomic E-state index is -0.719. The number of hydrogen-bond donors (Lipinski definition) is 1. The van der Waals surface area contributed by atoms with E-state index in [1.807, 2.05) is 17.5 Å². The number of hydrogen-bond acceptors (Lipinski definition) is 5. The molecule has 22 heavy (non-hydrogen) atoms. The number of benzene rings is 1. The van der Waals surface area contributed by atoms with E-state index in [0.717, 1.165) is 4.88 Å². The lowest BCUT2D eigenvalue weighted by atomic mass is 10.1. The second kappa shape index (κ2) is 7.51. The van der Waals surface area contributed by atoms with Gasteiger partial charge >= 0.3 is 0 Å². The van der Waals surface area contributed by atoms with Gasteiger partial charge in [-0.2, -0.15) is 0 Å². The molecule has 2 aromatic rings. The number of carbonyl (C=O) groups is 2. The van der Waals surface area contributed by atoms with Gasteiger partial charge in [0.2, 0.25) is 6.10 Å². The minimum absolute atomic E-state index is 0.0162. The van der Waals surface area contributed by atoms with Crippen LogP contribution in [-0.4, -0.2) is 24.0 Å². The van der Waals surface area contributed by atoms with Gasteiger partial charge in [0.05, 0.1) is 6.21 Å². The van der Waals surface area contributed by atoms with Gasteiger partial charge in [-0.1, -0.05) is 11.2 Å². The van der Waals surface area contributed by atoms with Gasteiger partial charge in [0.25, 0.3) is 5.91 Å². The molecule has 5 nitrogen and oxygen atoms in total. The zero-order valence-electron chi connectivity index (χ0n) is 12.3. The number of ketones is 1. The number of nitrogens with zero attached hydrogens (tertiary/aromatic N) is 1. The van der Waals surface area contributed by atoms with Crippen molar-refractivity contribution in [3.8, 4) is 0 Å². The molecule has 1 aromatic heterocycles. The van der Waals surface area contributed by atoms with Gasteiger partial charge in [-0.25, -0.2) is 0 Å². The summed E-state index contributed by atoms with van der Waals surface area (Å²) >= 11 is 1.53. The van der Waals surface area contributed by atoms with Gasteiger partial charge in [-0.15, -0.1) is 11.3 Å². The third kappa shape index (κ3) is 4.53. The molecule has 2 rings (SSSR count). The summed E-state index contributed by atoms with van der Waals surface area (Å²) in [5.74, 6) is -0.323. The quantitative estimate of drug-likeness (QED) is 0.505. The highest BCUT2D eigenvalue weighted by atomic mass is 32.1. The number of Topliss-reactive ketones (excluding diaryl/α,β-unsaturated/α-hetero) is 1. The molecule has 0 fully saturated rings. The second-order valence-corrected chi connectivity index (χ2v) is 5.60. The Labute approximate surface area is 132 Å². The molecule has 1 amide bonds. The van der Waals surface area contributed by atoms with E-state index in [4.69, 9.17) is 4.84 Å². The number of anilines is 1. The van der Waals surface area contributed by atoms with Gasteiger partial charge in [-0.05, 0) is 49.6 Å². The maximum absolute atomic E-state index is 11.9. The maximum atomic E-state index is 11.9. The smallest absolute Gasteiger partial charge is 0.267 e. The van der Waals surface area contributed by atoms with Crippen LogP contribution in [0.4, 0.5) is 5.69 Å². The van der Waals surface area contributed by atoms with E-state index in [9.17, 15) is 9.59 Å². The number of carbonyl (C=O) groups excluding carboxylic acids is 2. The Balaban J connectivity index is 1.86. The molecule has 0 aliphatic carbocycles. The minimum Gasteiger partial charge on any atom is -0.383 e. The normalized spacial score (nSPS) is 12.1. The van der Waals surface area contributed by atoms with Crippen molar-refractivity contribution in [2.24, 2.45) is 5.16 Å². The van der Waals surface area contributed by atoms with Crippen molar-refractivity contribution < 1.29 is 14.4 Å². The zero-order valence-corrected chi connectivity index (χ0v) is 13.1. The van der Waals surface area contributed by atoms with Crippen LogP contribution in [0.5, 0.6) is 0 Å². The number of amides is 1. The Kier molecular flexibility index (Phi) is 5.43. The van der Waals surface area contributed by atoms with E-state index in [2.05, 4.69) is 10.5 Å². The predicted molar refractivity (Wildman–Crippen MR) is 87.5 cm³/mol. The fraction of sp³-hybridized carbons (Fsp3) is 0.188. The number of nitrogens with one attached hydrogen (secondary N) is 1. The first-order valence-electron chi connectivity index (χ1n) is 6.71. The van der Waals surface area contributed by atoms with Crippen LogP contribution in [0.3, 0.4) is 0 Å². The average Bonchev–Trinajstić information content (AvgIpc) is 3.01. The number of rotatable bonds is 6. The number of thiophene rings is 1. The highest BCUT2D eigenvalue weighted by molar-refractivity contribution is 7.11. The van der Waals surface area contributed by atoms with Gasteiger partial charge in [0.15, 0.2) is 5.78 Å². The van der Waals surface area contributed by atoms with E-state index >= 15 is 0 Å². The second-order valence-electron chi connectivity index (χ2n) is 4.62. The summed E-state index contributed by atoms with van der Waals surface area (Å²) in [4.78, 5) is 29.2. The van der Waals surface area contributed by atoms with Crippen molar-refractivity contribution in [1.29, 1.82) is 0 Å². The molecule has 1 unspecified atom stereocenters. The Morgan fingerprint density at radius 1 is 1.27 bits per heavy atom. The highest BCUT2D eigenvalue weighted by Gasteiger charge is 2.14. The fourth-order valence-corrected chi connectivity index (χ4v) is 2.19. The summed E-state index contributed by atoms with van der Waals surface area (Å²) in [5, 5.41) is 8.43. The van der Waals surface area contributed by atoms with Crippen LogP contribution in [0.25, 0.3) is 0 Å². The van der Waals surface area contributed by atoms with Crippen LogP contribution in [0.15, 0.2) is 46.9 Å². The van der Waals surface area contributed by atoms with Crippen molar-refractivity contribution in [2.75, 3.05) is 5.32 Å². The lowest BCUT2D eigenvalue weighted by molar-refractivity contribution is -0.126. The van der Waals surface area contributed by atoms with Crippen molar-refractivity contribution >= 4 is 34.9 Å². The van der Waals surface area contributed by atoms with Crippen LogP contribution in [0.2, 0.25) is 0 Å². The third-order valence-electron chi connectivity index (χ3n) is 2.87. The first-order valence-corrected chi connectivity index (χ1v) is 7.59. The lowest BCUT2D eigenvalue weighted by Gasteiger charge is -2.10. The Hall–Kier alpha value is -2.47. The summed E-state index contributed by atoms with van der Waals surface area (Å²) in [6.45, 7) is 3.11. The van der Waals surface area contributed by atoms with Crippen LogP contribution < -0.4 is 5.32 Å². The summed E-state index contributed by atoms with van der Waals surface area (Å²) in [6, 6.07) is 10.5. The van der Waals surface area contributed by atoms with Crippen LogP contribution in [0, 0.1) is 0 Å². The Morgan fingerprint density at radius 2 is 2.00 bits per heavy atom. The topological polar surface area (TPSA) is 67.8 Å². The molecule has 0 saturated heterocycles. The molecular formula is C16H16N2O3S.